The molecule has 0 aliphatic heterocycles. The zero-order valence-electron chi connectivity index (χ0n) is 6.25. The zero-order chi connectivity index (χ0) is 11.0. The van der Waals surface area contributed by atoms with Crippen molar-refractivity contribution in [2.75, 3.05) is 0 Å². The number of carboxylic acids is 1. The molecule has 1 aromatic rings. The quantitative estimate of drug-likeness (QED) is 0.456. The highest BCUT2D eigenvalue weighted by molar-refractivity contribution is 6.31. The Morgan fingerprint density at radius 3 is 1.93 bits per heavy atom. The van der Waals surface area contributed by atoms with Crippen LogP contribution in [-0.4, -0.2) is 11.1 Å². The Bertz CT molecular complexity index is 390. The Hall–Kier alpha value is -1.30. The van der Waals surface area contributed by atoms with E-state index in [1.807, 2.05) is 0 Å². The summed E-state index contributed by atoms with van der Waals surface area (Å²) in [6.07, 6.45) is 0. The molecule has 0 atom stereocenters. The molecule has 0 amide bonds. The lowest BCUT2D eigenvalue weighted by atomic mass is 10.2. The molecule has 0 aliphatic rings. The van der Waals surface area contributed by atoms with E-state index in [0.717, 1.165) is 0 Å². The van der Waals surface area contributed by atoms with Gasteiger partial charge in [-0.1, -0.05) is 11.6 Å². The molecule has 2 nitrogen and oxygen atoms in total. The topological polar surface area (TPSA) is 37.3 Å². The van der Waals surface area contributed by atoms with Gasteiger partial charge in [0.1, 0.15) is 10.6 Å². The normalized spacial score (nSPS) is 10.4. The molecule has 0 bridgehead atoms. The second-order valence-electron chi connectivity index (χ2n) is 2.25. The predicted molar refractivity (Wildman–Crippen MR) is 38.2 cm³/mol. The first-order valence-electron chi connectivity index (χ1n) is 3.12. The fourth-order valence-corrected chi connectivity index (χ4v) is 0.970. The summed E-state index contributed by atoms with van der Waals surface area (Å²) in [4.78, 5) is 10.2. The molecule has 0 unspecified atom stereocenters. The number of benzene rings is 1. The minimum absolute atomic E-state index is 1.39. The Labute approximate surface area is 79.7 Å². The van der Waals surface area contributed by atoms with Gasteiger partial charge in [0.25, 0.3) is 0 Å². The van der Waals surface area contributed by atoms with Crippen LogP contribution in [0.15, 0.2) is 0 Å². The first kappa shape index (κ1) is 10.8. The Morgan fingerprint density at radius 1 is 1.00 bits per heavy atom. The first-order valence-corrected chi connectivity index (χ1v) is 3.50. The Kier molecular flexibility index (Phi) is 2.66. The molecule has 14 heavy (non-hydrogen) atoms. The maximum absolute atomic E-state index is 12.8. The molecule has 0 radical (unpaired) electrons. The van der Waals surface area contributed by atoms with Gasteiger partial charge >= 0.3 is 5.97 Å². The van der Waals surface area contributed by atoms with Gasteiger partial charge in [-0.2, -0.15) is 0 Å². The smallest absolute Gasteiger partial charge is 0.341 e. The fraction of sp³-hybridized carbons (Fsp3) is 0. The summed E-state index contributed by atoms with van der Waals surface area (Å²) < 4.78 is 50.5. The number of hydrogen-bond donors (Lipinski definition) is 1. The van der Waals surface area contributed by atoms with E-state index in [1.165, 1.54) is 0 Å². The maximum atomic E-state index is 12.8. The summed E-state index contributed by atoms with van der Waals surface area (Å²) in [5.41, 5.74) is -1.62. The van der Waals surface area contributed by atoms with Crippen LogP contribution in [0.5, 0.6) is 0 Å². The highest BCUT2D eigenvalue weighted by Gasteiger charge is 2.28. The number of rotatable bonds is 1. The van der Waals surface area contributed by atoms with Gasteiger partial charge in [0, 0.05) is 0 Å². The van der Waals surface area contributed by atoms with Crippen LogP contribution in [0.25, 0.3) is 0 Å². The zero-order valence-corrected chi connectivity index (χ0v) is 7.00. The van der Waals surface area contributed by atoms with Crippen molar-refractivity contribution in [3.05, 3.63) is 33.9 Å². The van der Waals surface area contributed by atoms with Crippen molar-refractivity contribution in [2.24, 2.45) is 0 Å². The summed E-state index contributed by atoms with van der Waals surface area (Å²) in [6.45, 7) is 0. The van der Waals surface area contributed by atoms with Gasteiger partial charge in [0.15, 0.2) is 23.3 Å². The summed E-state index contributed by atoms with van der Waals surface area (Å²) in [6, 6.07) is 0. The molecule has 0 fully saturated rings. The van der Waals surface area contributed by atoms with Crippen molar-refractivity contribution in [1.29, 1.82) is 0 Å². The van der Waals surface area contributed by atoms with Crippen molar-refractivity contribution < 1.29 is 27.5 Å². The standard InChI is InChI=1S/C7HClF4O2/c8-2-3(9)1(7(13)14)4(10)6(12)5(2)11/h(H,13,14). The second kappa shape index (κ2) is 3.45. The number of carbonyl (C=O) groups is 1. The van der Waals surface area contributed by atoms with Crippen LogP contribution in [-0.2, 0) is 0 Å². The monoisotopic (exact) mass is 228 g/mol. The average molecular weight is 229 g/mol. The molecule has 7 heteroatoms. The van der Waals surface area contributed by atoms with Crippen molar-refractivity contribution in [2.45, 2.75) is 0 Å². The maximum Gasteiger partial charge on any atom is 0.341 e. The van der Waals surface area contributed by atoms with Gasteiger partial charge in [-0.15, -0.1) is 0 Å². The molecule has 0 spiro atoms. The van der Waals surface area contributed by atoms with E-state index in [4.69, 9.17) is 16.7 Å². The number of halogens is 5. The summed E-state index contributed by atoms with van der Waals surface area (Å²) in [7, 11) is 0. The third-order valence-electron chi connectivity index (χ3n) is 1.42. The highest BCUT2D eigenvalue weighted by atomic mass is 35.5. The van der Waals surface area contributed by atoms with E-state index in [0.29, 0.717) is 0 Å². The molecule has 76 valence electrons. The molecule has 1 N–H and O–H groups in total. The largest absolute Gasteiger partial charge is 0.477 e. The van der Waals surface area contributed by atoms with E-state index < -0.39 is 39.8 Å². The van der Waals surface area contributed by atoms with Crippen molar-refractivity contribution in [3.8, 4) is 0 Å². The van der Waals surface area contributed by atoms with Gasteiger partial charge < -0.3 is 5.11 Å². The molecular formula is C7HClF4O2. The third-order valence-corrected chi connectivity index (χ3v) is 1.76. The van der Waals surface area contributed by atoms with Gasteiger partial charge in [-0.25, -0.2) is 22.4 Å². The third kappa shape index (κ3) is 1.41. The minimum atomic E-state index is -2.12. The molecular weight excluding hydrogens is 228 g/mol. The molecule has 0 saturated heterocycles. The van der Waals surface area contributed by atoms with Crippen LogP contribution in [0.4, 0.5) is 17.6 Å². The van der Waals surface area contributed by atoms with E-state index in [1.54, 1.807) is 0 Å². The van der Waals surface area contributed by atoms with E-state index in [9.17, 15) is 22.4 Å². The van der Waals surface area contributed by atoms with Crippen molar-refractivity contribution >= 4 is 17.6 Å². The van der Waals surface area contributed by atoms with E-state index in [-0.39, 0.29) is 0 Å². The first-order chi connectivity index (χ1) is 6.37. The van der Waals surface area contributed by atoms with Crippen LogP contribution in [0, 0.1) is 23.3 Å². The SMILES string of the molecule is O=C(O)c1c(F)c(F)c(F)c(Cl)c1F. The van der Waals surface area contributed by atoms with Crippen molar-refractivity contribution in [3.63, 3.8) is 0 Å². The molecule has 0 saturated carbocycles. The lowest BCUT2D eigenvalue weighted by Gasteiger charge is -2.04. The highest BCUT2D eigenvalue weighted by Crippen LogP contribution is 2.27. The Morgan fingerprint density at radius 2 is 1.50 bits per heavy atom. The number of carboxylic acid groups (broad SMARTS) is 1. The fourth-order valence-electron chi connectivity index (χ4n) is 0.793. The summed E-state index contributed by atoms with van der Waals surface area (Å²) >= 11 is 4.88. The van der Waals surface area contributed by atoms with Crippen LogP contribution < -0.4 is 0 Å². The predicted octanol–water partition coefficient (Wildman–Crippen LogP) is 2.59. The lowest BCUT2D eigenvalue weighted by molar-refractivity contribution is 0.0684. The minimum Gasteiger partial charge on any atom is -0.477 e. The summed E-state index contributed by atoms with van der Waals surface area (Å²) in [5.74, 6) is -10.1. The van der Waals surface area contributed by atoms with E-state index in [2.05, 4.69) is 0 Å². The average Bonchev–Trinajstić information content (AvgIpc) is 2.11. The van der Waals surface area contributed by atoms with E-state index >= 15 is 0 Å². The van der Waals surface area contributed by atoms with Crippen LogP contribution in [0.3, 0.4) is 0 Å². The van der Waals surface area contributed by atoms with Crippen molar-refractivity contribution in [1.82, 2.24) is 0 Å². The molecule has 1 aromatic carbocycles. The van der Waals surface area contributed by atoms with Gasteiger partial charge in [0.2, 0.25) is 0 Å². The van der Waals surface area contributed by atoms with Crippen LogP contribution in [0.1, 0.15) is 10.4 Å². The van der Waals surface area contributed by atoms with Crippen LogP contribution in [0.2, 0.25) is 5.02 Å². The van der Waals surface area contributed by atoms with Gasteiger partial charge in [-0.3, -0.25) is 0 Å². The molecule has 0 aliphatic carbocycles. The second-order valence-corrected chi connectivity index (χ2v) is 2.63. The molecule has 0 aromatic heterocycles. The number of aromatic carboxylic acids is 1. The summed E-state index contributed by atoms with van der Waals surface area (Å²) in [5, 5.41) is 6.87. The van der Waals surface area contributed by atoms with Gasteiger partial charge in [-0.05, 0) is 0 Å². The van der Waals surface area contributed by atoms with Gasteiger partial charge in [0.05, 0.1) is 0 Å². The number of hydrogen-bond acceptors (Lipinski definition) is 1. The lowest BCUT2D eigenvalue weighted by Crippen LogP contribution is -2.09. The molecule has 1 rings (SSSR count). The Balaban J connectivity index is 3.68. The molecule has 0 heterocycles. The van der Waals surface area contributed by atoms with Crippen LogP contribution >= 0.6 is 11.6 Å².